The van der Waals surface area contributed by atoms with Crippen molar-refractivity contribution in [2.24, 2.45) is 0 Å². The highest BCUT2D eigenvalue weighted by Crippen LogP contribution is 2.62. The molecule has 1 aliphatic carbocycles. The van der Waals surface area contributed by atoms with Crippen LogP contribution in [-0.2, 0) is 5.41 Å². The number of para-hydroxylation sites is 1. The first kappa shape index (κ1) is 36.2. The van der Waals surface area contributed by atoms with Gasteiger partial charge in [0.25, 0.3) is 0 Å². The third-order valence-electron chi connectivity index (χ3n) is 12.3. The second-order valence-corrected chi connectivity index (χ2v) is 15.6. The first-order valence-electron chi connectivity index (χ1n) is 20.7. The van der Waals surface area contributed by atoms with Crippen LogP contribution in [0.2, 0.25) is 0 Å². The number of benzene rings is 8. The van der Waals surface area contributed by atoms with Gasteiger partial charge in [0, 0.05) is 16.8 Å². The van der Waals surface area contributed by atoms with Gasteiger partial charge in [-0.15, -0.1) is 0 Å². The molecule has 1 spiro atoms. The molecule has 1 aliphatic heterocycles. The standard InChI is InChI=1S/C57H45NO/c1-3-39(2)45(41-18-6-4-7-19-41)35-37-54(49-25-11-10-22-46(49)42-20-8-5-9-21-42)58-44-33-30-40(31-34-44)43-32-36-53-56(38-43)59-55-29-17-16-28-52(55)57(53)50-26-14-12-23-47(50)48-24-13-15-27-51(48)57/h4-36,38,54,58H,2-3,37H2,1H3/b45-35-. The Bertz CT molecular complexity index is 2810. The molecule has 1 unspecified atom stereocenters. The summed E-state index contributed by atoms with van der Waals surface area (Å²) in [4.78, 5) is 0. The minimum absolute atomic E-state index is 0.00573. The quantitative estimate of drug-likeness (QED) is 0.140. The van der Waals surface area contributed by atoms with Gasteiger partial charge in [0.15, 0.2) is 0 Å². The molecule has 2 heteroatoms. The van der Waals surface area contributed by atoms with Crippen LogP contribution in [0.15, 0.2) is 218 Å². The summed E-state index contributed by atoms with van der Waals surface area (Å²) in [6.07, 6.45) is 4.04. The van der Waals surface area contributed by atoms with E-state index in [1.54, 1.807) is 0 Å². The molecule has 0 amide bonds. The van der Waals surface area contributed by atoms with Crippen LogP contribution in [-0.4, -0.2) is 0 Å². The van der Waals surface area contributed by atoms with Crippen molar-refractivity contribution >= 4 is 11.3 Å². The first-order chi connectivity index (χ1) is 29.1. The second-order valence-electron chi connectivity index (χ2n) is 15.6. The van der Waals surface area contributed by atoms with Gasteiger partial charge in [-0.05, 0) is 104 Å². The van der Waals surface area contributed by atoms with Crippen LogP contribution in [0.5, 0.6) is 11.5 Å². The zero-order valence-electron chi connectivity index (χ0n) is 33.2. The van der Waals surface area contributed by atoms with Gasteiger partial charge in [-0.3, -0.25) is 0 Å². The molecule has 0 saturated carbocycles. The Kier molecular flexibility index (Phi) is 9.39. The maximum Gasteiger partial charge on any atom is 0.132 e. The highest BCUT2D eigenvalue weighted by Gasteiger charge is 2.50. The third kappa shape index (κ3) is 6.29. The minimum atomic E-state index is -0.465. The zero-order valence-corrected chi connectivity index (χ0v) is 33.2. The number of hydrogen-bond acceptors (Lipinski definition) is 2. The van der Waals surface area contributed by atoms with Crippen molar-refractivity contribution in [2.45, 2.75) is 31.2 Å². The van der Waals surface area contributed by atoms with Gasteiger partial charge >= 0.3 is 0 Å². The molecule has 1 atom stereocenters. The van der Waals surface area contributed by atoms with E-state index < -0.39 is 5.41 Å². The summed E-state index contributed by atoms with van der Waals surface area (Å²) in [5.41, 5.74) is 17.6. The Balaban J connectivity index is 1.01. The number of anilines is 1. The van der Waals surface area contributed by atoms with E-state index in [4.69, 9.17) is 4.74 Å². The Morgan fingerprint density at radius 2 is 1.10 bits per heavy atom. The number of allylic oxidation sites excluding steroid dienone is 2. The lowest BCUT2D eigenvalue weighted by molar-refractivity contribution is 0.436. The van der Waals surface area contributed by atoms with Crippen LogP contribution >= 0.6 is 0 Å². The molecule has 8 aromatic carbocycles. The van der Waals surface area contributed by atoms with Crippen LogP contribution in [0, 0.1) is 0 Å². The summed E-state index contributed by atoms with van der Waals surface area (Å²) >= 11 is 0. The summed E-state index contributed by atoms with van der Waals surface area (Å²) in [5.74, 6) is 1.79. The molecule has 0 fully saturated rings. The molecule has 284 valence electrons. The molecule has 10 rings (SSSR count). The van der Waals surface area contributed by atoms with E-state index in [1.807, 2.05) is 0 Å². The van der Waals surface area contributed by atoms with Crippen LogP contribution in [0.25, 0.3) is 39.0 Å². The molecule has 1 heterocycles. The molecule has 1 N–H and O–H groups in total. The number of nitrogens with one attached hydrogen (secondary N) is 1. The van der Waals surface area contributed by atoms with Crippen molar-refractivity contribution < 1.29 is 4.74 Å². The normalized spacial score (nSPS) is 13.7. The fourth-order valence-electron chi connectivity index (χ4n) is 9.46. The maximum atomic E-state index is 6.81. The summed E-state index contributed by atoms with van der Waals surface area (Å²) < 4.78 is 6.81. The van der Waals surface area contributed by atoms with E-state index in [-0.39, 0.29) is 6.04 Å². The van der Waals surface area contributed by atoms with Crippen molar-refractivity contribution in [3.8, 4) is 44.9 Å². The summed E-state index contributed by atoms with van der Waals surface area (Å²) in [5, 5.41) is 3.96. The van der Waals surface area contributed by atoms with Crippen molar-refractivity contribution in [3.63, 3.8) is 0 Å². The van der Waals surface area contributed by atoms with Crippen LogP contribution < -0.4 is 10.1 Å². The average Bonchev–Trinajstić information content (AvgIpc) is 3.60. The second kappa shape index (κ2) is 15.3. The van der Waals surface area contributed by atoms with E-state index in [9.17, 15) is 0 Å². The van der Waals surface area contributed by atoms with Crippen LogP contribution in [0.1, 0.15) is 59.2 Å². The SMILES string of the molecule is C=C(CC)/C(=C/CC(Nc1ccc(-c2ccc3c(c2)Oc2ccccc2C32c3ccccc3-c3ccccc32)cc1)c1ccccc1-c1ccccc1)c1ccccc1. The van der Waals surface area contributed by atoms with Crippen molar-refractivity contribution in [1.82, 2.24) is 0 Å². The molecular weight excluding hydrogens is 715 g/mol. The molecule has 0 aromatic heterocycles. The van der Waals surface area contributed by atoms with Crippen molar-refractivity contribution in [3.05, 3.63) is 252 Å². The van der Waals surface area contributed by atoms with Gasteiger partial charge in [-0.25, -0.2) is 0 Å². The molecule has 59 heavy (non-hydrogen) atoms. The van der Waals surface area contributed by atoms with Crippen LogP contribution in [0.3, 0.4) is 0 Å². The highest BCUT2D eigenvalue weighted by atomic mass is 16.5. The minimum Gasteiger partial charge on any atom is -0.457 e. The molecule has 2 aliphatic rings. The van der Waals surface area contributed by atoms with Crippen molar-refractivity contribution in [2.75, 3.05) is 5.32 Å². The zero-order chi connectivity index (χ0) is 39.8. The van der Waals surface area contributed by atoms with Gasteiger partial charge < -0.3 is 10.1 Å². The van der Waals surface area contributed by atoms with Gasteiger partial charge in [-0.2, -0.15) is 0 Å². The smallest absolute Gasteiger partial charge is 0.132 e. The number of fused-ring (bicyclic) bond motifs is 9. The molecule has 2 nitrogen and oxygen atoms in total. The highest BCUT2D eigenvalue weighted by molar-refractivity contribution is 5.89. The average molecular weight is 760 g/mol. The van der Waals surface area contributed by atoms with Gasteiger partial charge in [0.1, 0.15) is 11.5 Å². The van der Waals surface area contributed by atoms with Gasteiger partial charge in [0.05, 0.1) is 11.5 Å². The fourth-order valence-corrected chi connectivity index (χ4v) is 9.46. The van der Waals surface area contributed by atoms with Gasteiger partial charge in [0.2, 0.25) is 0 Å². The molecule has 8 aromatic rings. The summed E-state index contributed by atoms with van der Waals surface area (Å²) in [6.45, 7) is 6.65. The Morgan fingerprint density at radius 1 is 0.542 bits per heavy atom. The van der Waals surface area contributed by atoms with Crippen molar-refractivity contribution in [1.29, 1.82) is 0 Å². The number of ether oxygens (including phenoxy) is 1. The first-order valence-corrected chi connectivity index (χ1v) is 20.7. The van der Waals surface area contributed by atoms with Crippen LogP contribution in [0.4, 0.5) is 5.69 Å². The largest absolute Gasteiger partial charge is 0.457 e. The molecule has 0 bridgehead atoms. The topological polar surface area (TPSA) is 21.3 Å². The monoisotopic (exact) mass is 759 g/mol. The summed E-state index contributed by atoms with van der Waals surface area (Å²) in [7, 11) is 0. The van der Waals surface area contributed by atoms with Gasteiger partial charge in [-0.1, -0.05) is 196 Å². The maximum absolute atomic E-state index is 6.81. The predicted molar refractivity (Wildman–Crippen MR) is 246 cm³/mol. The van der Waals surface area contributed by atoms with E-state index >= 15 is 0 Å². The molecule has 0 radical (unpaired) electrons. The Hall–Kier alpha value is -7.16. The van der Waals surface area contributed by atoms with E-state index in [0.29, 0.717) is 0 Å². The lowest BCUT2D eigenvalue weighted by Crippen LogP contribution is -2.32. The summed E-state index contributed by atoms with van der Waals surface area (Å²) in [6, 6.07) is 72.1. The molecular formula is C57H45NO. The van der Waals surface area contributed by atoms with E-state index in [0.717, 1.165) is 46.7 Å². The number of hydrogen-bond donors (Lipinski definition) is 1. The third-order valence-corrected chi connectivity index (χ3v) is 12.3. The number of rotatable bonds is 10. The lowest BCUT2D eigenvalue weighted by Gasteiger charge is -2.39. The Morgan fingerprint density at radius 3 is 1.80 bits per heavy atom. The van der Waals surface area contributed by atoms with E-state index in [1.165, 1.54) is 61.2 Å². The molecule has 0 saturated heterocycles. The Labute approximate surface area is 347 Å². The lowest BCUT2D eigenvalue weighted by atomic mass is 9.66. The predicted octanol–water partition coefficient (Wildman–Crippen LogP) is 15.1. The van der Waals surface area contributed by atoms with E-state index in [2.05, 4.69) is 225 Å². The fraction of sp³-hybridized carbons (Fsp3) is 0.0877.